The van der Waals surface area contributed by atoms with E-state index in [2.05, 4.69) is 125 Å². The molecule has 0 radical (unpaired) electrons. The molecule has 0 spiro atoms. The second kappa shape index (κ2) is 21.6. The molecule has 0 heterocycles. The van der Waals surface area contributed by atoms with Crippen molar-refractivity contribution in [2.75, 3.05) is 0 Å². The van der Waals surface area contributed by atoms with Gasteiger partial charge in [-0.2, -0.15) is 0 Å². The van der Waals surface area contributed by atoms with E-state index in [9.17, 15) is 9.90 Å². The third-order valence-corrected chi connectivity index (χ3v) is 7.27. The number of carbonyl (C=O) groups is 1. The third-order valence-electron chi connectivity index (χ3n) is 7.27. The van der Waals surface area contributed by atoms with E-state index >= 15 is 0 Å². The number of aliphatic hydroxyl groups is 1. The molecule has 1 atom stereocenters. The molecule has 0 saturated heterocycles. The van der Waals surface area contributed by atoms with Crippen molar-refractivity contribution in [1.82, 2.24) is 0 Å². The van der Waals surface area contributed by atoms with Crippen molar-refractivity contribution in [1.29, 1.82) is 0 Å². The van der Waals surface area contributed by atoms with Crippen LogP contribution in [0, 0.1) is 23.2 Å². The molecule has 0 aliphatic heterocycles. The van der Waals surface area contributed by atoms with E-state index in [1.165, 1.54) is 55.2 Å². The van der Waals surface area contributed by atoms with Crippen LogP contribution < -0.4 is 13.3 Å². The summed E-state index contributed by atoms with van der Waals surface area (Å²) in [5, 5.41) is 9.85. The van der Waals surface area contributed by atoms with Gasteiger partial charge < -0.3 is 9.90 Å². The quantitative estimate of drug-likeness (QED) is 0.166. The number of carbonyl (C=O) groups excluding carboxylic acids is 1. The Bertz CT molecular complexity index is 762. The van der Waals surface area contributed by atoms with Gasteiger partial charge in [-0.15, -0.1) is 6.42 Å². The van der Waals surface area contributed by atoms with Crippen LogP contribution in [0.4, 0.5) is 0 Å². The number of hydrogen-bond acceptors (Lipinski definition) is 2. The van der Waals surface area contributed by atoms with Gasteiger partial charge in [-0.3, -0.25) is 0 Å². The van der Waals surface area contributed by atoms with Crippen LogP contribution in [0.5, 0.6) is 0 Å². The van der Waals surface area contributed by atoms with E-state index in [0.29, 0.717) is 40.3 Å². The minimum absolute atomic E-state index is 0.285. The van der Waals surface area contributed by atoms with E-state index in [-0.39, 0.29) is 5.41 Å². The number of ketones is 1. The molecule has 2 aliphatic rings. The molecule has 8 heteroatoms. The van der Waals surface area contributed by atoms with Gasteiger partial charge in [0.25, 0.3) is 0 Å². The Morgan fingerprint density at radius 3 is 1.69 bits per heavy atom. The van der Waals surface area contributed by atoms with Crippen LogP contribution in [0.25, 0.3) is 0 Å². The van der Waals surface area contributed by atoms with E-state index in [0.717, 1.165) is 19.3 Å². The Morgan fingerprint density at radius 2 is 1.39 bits per heavy atom. The fourth-order valence-corrected chi connectivity index (χ4v) is 5.20. The number of terminal acetylenes is 1. The SMILES string of the molecule is C#CC(C)(O)CCC1=C(C)CCCC1(C)C.CC(=O)CCC1=C(C)CCCC1(C)C.I[I-]I.[I][V][I]. The molecule has 2 nitrogen and oxygen atoms in total. The van der Waals surface area contributed by atoms with Gasteiger partial charge in [-0.05, 0) is 96.3 Å². The summed E-state index contributed by atoms with van der Waals surface area (Å²) in [6, 6.07) is 0. The summed E-state index contributed by atoms with van der Waals surface area (Å²) in [7, 11) is 0.628. The van der Waals surface area contributed by atoms with Crippen molar-refractivity contribution in [3.8, 4) is 12.3 Å². The molecule has 2 rings (SSSR count). The maximum absolute atomic E-state index is 11.0. The summed E-state index contributed by atoms with van der Waals surface area (Å²) in [5.74, 6) is 2.77. The average Bonchev–Trinajstić information content (AvgIpc) is 2.73. The van der Waals surface area contributed by atoms with Gasteiger partial charge in [0.2, 0.25) is 0 Å². The number of halogens is 5. The first-order valence-electron chi connectivity index (χ1n) is 12.4. The standard InChI is InChI=1S/C15H24O.C13H22O.I3.2HI.V/c1-6-15(5,16)11-9-13-12(2)8-7-10-14(13,3)4;1-10-6-5-9-13(3,4)12(10)8-7-11(2)14;1-3-2;;;/h1,16H,7-11H2,2-5H3;5-9H2,1-4H3;;2*1H;/q;;-1;;;+2/p-2. The molecular formula is C28H46I5O2V-. The monoisotopic (exact) mass is 1100 g/mol. The van der Waals surface area contributed by atoms with E-state index in [1.54, 1.807) is 19.4 Å². The van der Waals surface area contributed by atoms with Crippen molar-refractivity contribution < 1.29 is 32.6 Å². The van der Waals surface area contributed by atoms with Crippen molar-refractivity contribution in [3.63, 3.8) is 0 Å². The number of allylic oxidation sites excluding steroid dienone is 4. The molecule has 0 bridgehead atoms. The second-order valence-corrected chi connectivity index (χ2v) is 39.3. The first-order valence-corrected chi connectivity index (χ1v) is 34.0. The fourth-order valence-electron chi connectivity index (χ4n) is 5.20. The van der Waals surface area contributed by atoms with Gasteiger partial charge >= 0.3 is 99.9 Å². The van der Waals surface area contributed by atoms with Crippen molar-refractivity contribution in [2.45, 2.75) is 125 Å². The van der Waals surface area contributed by atoms with Crippen LogP contribution in [0.2, 0.25) is 0 Å². The molecule has 0 fully saturated rings. The first-order chi connectivity index (χ1) is 16.5. The molecule has 0 aromatic heterocycles. The Hall–Kier alpha value is 2.90. The van der Waals surface area contributed by atoms with E-state index < -0.39 is 5.60 Å². The van der Waals surface area contributed by atoms with E-state index in [1.807, 2.05) is 0 Å². The number of Topliss-reactive ketones (excluding diaryl/α,β-unsaturated/α-hetero) is 1. The van der Waals surface area contributed by atoms with Gasteiger partial charge in [-0.1, -0.05) is 55.9 Å². The molecule has 1 N–H and O–H groups in total. The van der Waals surface area contributed by atoms with Crippen LogP contribution in [0.15, 0.2) is 22.3 Å². The van der Waals surface area contributed by atoms with Crippen LogP contribution in [0.3, 0.4) is 0 Å². The molecule has 1 unspecified atom stereocenters. The predicted octanol–water partition coefficient (Wildman–Crippen LogP) is 8.10. The Morgan fingerprint density at radius 1 is 1.03 bits per heavy atom. The molecule has 0 aromatic rings. The fraction of sp³-hybridized carbons (Fsp3) is 0.750. The summed E-state index contributed by atoms with van der Waals surface area (Å²) in [6.45, 7) is 17.1. The second-order valence-electron chi connectivity index (χ2n) is 11.2. The Kier molecular flexibility index (Phi) is 24.6. The summed E-state index contributed by atoms with van der Waals surface area (Å²) >= 11 is 10.0. The summed E-state index contributed by atoms with van der Waals surface area (Å²) in [4.78, 5) is 11.0. The molecule has 36 heavy (non-hydrogen) atoms. The van der Waals surface area contributed by atoms with Gasteiger partial charge in [-0.25, -0.2) is 0 Å². The van der Waals surface area contributed by atoms with E-state index in [4.69, 9.17) is 6.42 Å². The van der Waals surface area contributed by atoms with Gasteiger partial charge in [0.15, 0.2) is 0 Å². The molecular weight excluding hydrogens is 1050 g/mol. The predicted molar refractivity (Wildman–Crippen MR) is 185 cm³/mol. The first kappa shape index (κ1) is 41.0. The maximum atomic E-state index is 11.0. The molecule has 2 aliphatic carbocycles. The molecule has 0 amide bonds. The summed E-state index contributed by atoms with van der Waals surface area (Å²) in [6.07, 6.45) is 16.2. The number of rotatable bonds is 6. The summed E-state index contributed by atoms with van der Waals surface area (Å²) in [5.41, 5.74) is 5.74. The minimum atomic E-state index is -0.958. The molecule has 0 aromatic carbocycles. The zero-order valence-electron chi connectivity index (χ0n) is 23.3. The zero-order chi connectivity index (χ0) is 28.6. The van der Waals surface area contributed by atoms with Crippen LogP contribution in [-0.4, -0.2) is 16.5 Å². The summed E-state index contributed by atoms with van der Waals surface area (Å²) < 4.78 is 0. The van der Waals surface area contributed by atoms with Crippen LogP contribution >= 0.6 is 77.2 Å². The van der Waals surface area contributed by atoms with Gasteiger partial charge in [0, 0.05) is 6.42 Å². The van der Waals surface area contributed by atoms with Crippen LogP contribution in [0.1, 0.15) is 120 Å². The Balaban J connectivity index is 0. The Labute approximate surface area is 281 Å². The molecule has 0 saturated carbocycles. The van der Waals surface area contributed by atoms with Gasteiger partial charge in [0.1, 0.15) is 11.4 Å². The van der Waals surface area contributed by atoms with Gasteiger partial charge in [0.05, 0.1) is 0 Å². The number of hydrogen-bond donors (Lipinski definition) is 1. The average molecular weight is 1100 g/mol. The van der Waals surface area contributed by atoms with Crippen molar-refractivity contribution >= 4 is 83.0 Å². The van der Waals surface area contributed by atoms with Crippen molar-refractivity contribution in [3.05, 3.63) is 22.3 Å². The van der Waals surface area contributed by atoms with Crippen molar-refractivity contribution in [2.24, 2.45) is 10.8 Å². The zero-order valence-corrected chi connectivity index (χ0v) is 35.5. The molecule has 211 valence electrons. The van der Waals surface area contributed by atoms with Crippen LogP contribution in [-0.2, 0) is 14.3 Å². The third kappa shape index (κ3) is 18.4. The normalized spacial score (nSPS) is 19.8. The topological polar surface area (TPSA) is 37.3 Å².